The van der Waals surface area contributed by atoms with E-state index in [4.69, 9.17) is 0 Å². The van der Waals surface area contributed by atoms with Gasteiger partial charge in [-0.05, 0) is 99.2 Å². The third-order valence-corrected chi connectivity index (χ3v) is 8.39. The van der Waals surface area contributed by atoms with Gasteiger partial charge in [0.05, 0.1) is 11.2 Å². The van der Waals surface area contributed by atoms with Crippen LogP contribution in [0.15, 0.2) is 36.0 Å². The lowest BCUT2D eigenvalue weighted by molar-refractivity contribution is -0.114. The number of hydrogen-bond acceptors (Lipinski definition) is 3. The van der Waals surface area contributed by atoms with Gasteiger partial charge in [0.1, 0.15) is 0 Å². The van der Waals surface area contributed by atoms with Crippen LogP contribution in [0.4, 0.5) is 0 Å². The zero-order valence-corrected chi connectivity index (χ0v) is 19.5. The van der Waals surface area contributed by atoms with E-state index >= 15 is 0 Å². The zero-order chi connectivity index (χ0) is 22.2. The van der Waals surface area contributed by atoms with Crippen molar-refractivity contribution in [1.82, 2.24) is 0 Å². The predicted molar refractivity (Wildman–Crippen MR) is 123 cm³/mol. The van der Waals surface area contributed by atoms with Crippen LogP contribution in [0.3, 0.4) is 0 Å². The Morgan fingerprint density at radius 1 is 1.30 bits per heavy atom. The van der Waals surface area contributed by atoms with E-state index < -0.39 is 11.2 Å². The highest BCUT2D eigenvalue weighted by Crippen LogP contribution is 2.61. The van der Waals surface area contributed by atoms with Crippen molar-refractivity contribution >= 4 is 5.78 Å². The monoisotopic (exact) mass is 414 g/mol. The minimum atomic E-state index is -0.795. The van der Waals surface area contributed by atoms with Crippen LogP contribution in [0.5, 0.6) is 0 Å². The van der Waals surface area contributed by atoms with Gasteiger partial charge in [-0.1, -0.05) is 45.4 Å². The van der Waals surface area contributed by atoms with Crippen molar-refractivity contribution in [3.8, 4) is 0 Å². The molecule has 5 unspecified atom stereocenters. The number of fused-ring (bicyclic) bond motifs is 1. The van der Waals surface area contributed by atoms with Crippen LogP contribution >= 0.6 is 0 Å². The summed E-state index contributed by atoms with van der Waals surface area (Å²) < 4.78 is 0. The maximum atomic E-state index is 11.8. The molecule has 0 radical (unpaired) electrons. The van der Waals surface area contributed by atoms with E-state index in [1.165, 1.54) is 12.8 Å². The fourth-order valence-electron chi connectivity index (χ4n) is 6.73. The van der Waals surface area contributed by atoms with Crippen LogP contribution in [-0.4, -0.2) is 27.2 Å². The van der Waals surface area contributed by atoms with Crippen molar-refractivity contribution < 1.29 is 15.0 Å². The normalized spacial score (nSPS) is 36.1. The predicted octanol–water partition coefficient (Wildman–Crippen LogP) is 5.91. The van der Waals surface area contributed by atoms with Crippen molar-refractivity contribution in [3.05, 3.63) is 36.0 Å². The van der Waals surface area contributed by atoms with E-state index in [1.807, 2.05) is 26.0 Å². The Labute approximate surface area is 183 Å². The Morgan fingerprint density at radius 2 is 2.03 bits per heavy atom. The summed E-state index contributed by atoms with van der Waals surface area (Å²) in [5, 5.41) is 21.7. The lowest BCUT2D eigenvalue weighted by Gasteiger charge is -2.50. The van der Waals surface area contributed by atoms with Crippen molar-refractivity contribution in [3.63, 3.8) is 0 Å². The lowest BCUT2D eigenvalue weighted by Crippen LogP contribution is -2.49. The quantitative estimate of drug-likeness (QED) is 0.544. The number of carbonyl (C=O) groups excluding carboxylic acids is 1. The molecule has 0 amide bonds. The molecule has 0 aliphatic heterocycles. The minimum Gasteiger partial charge on any atom is -0.390 e. The molecule has 0 spiro atoms. The average molecular weight is 415 g/mol. The van der Waals surface area contributed by atoms with Crippen molar-refractivity contribution in [2.24, 2.45) is 23.2 Å². The number of ketones is 1. The Kier molecular flexibility index (Phi) is 6.84. The SMILES string of the molecule is C=C1CCC(=O)C=C1C=CC1(O)CCCC2(C)C(C(C)CCCC(C)(C)O)CCC12. The number of rotatable bonds is 7. The molecule has 168 valence electrons. The highest BCUT2D eigenvalue weighted by molar-refractivity contribution is 5.93. The van der Waals surface area contributed by atoms with Gasteiger partial charge in [-0.15, -0.1) is 0 Å². The molecule has 0 saturated heterocycles. The molecule has 3 heteroatoms. The first kappa shape index (κ1) is 23.5. The summed E-state index contributed by atoms with van der Waals surface area (Å²) in [6.07, 6.45) is 15.2. The third kappa shape index (κ3) is 4.99. The largest absolute Gasteiger partial charge is 0.390 e. The van der Waals surface area contributed by atoms with Crippen molar-refractivity contribution in [2.45, 2.75) is 103 Å². The fourth-order valence-corrected chi connectivity index (χ4v) is 6.73. The Bertz CT molecular complexity index is 725. The molecular weight excluding hydrogens is 372 g/mol. The van der Waals surface area contributed by atoms with Gasteiger partial charge in [0.2, 0.25) is 0 Å². The summed E-state index contributed by atoms with van der Waals surface area (Å²) >= 11 is 0. The fraction of sp³-hybridized carbons (Fsp3) is 0.741. The summed E-state index contributed by atoms with van der Waals surface area (Å²) in [6.45, 7) is 12.7. The Balaban J connectivity index is 1.72. The van der Waals surface area contributed by atoms with Crippen LogP contribution in [0.25, 0.3) is 0 Å². The standard InChI is InChI=1S/C27H42O3/c1-19-9-10-22(28)18-21(19)13-17-27(30)16-7-15-26(5)23(11-12-24(26)27)20(2)8-6-14-25(3,4)29/h13,17-18,20,23-24,29-30H,1,6-12,14-16H2,2-5H3. The minimum absolute atomic E-state index is 0.152. The summed E-state index contributed by atoms with van der Waals surface area (Å²) in [6, 6.07) is 0. The first-order valence-corrected chi connectivity index (χ1v) is 12.0. The average Bonchev–Trinajstić information content (AvgIpc) is 3.00. The zero-order valence-electron chi connectivity index (χ0n) is 19.5. The van der Waals surface area contributed by atoms with Crippen molar-refractivity contribution in [2.75, 3.05) is 0 Å². The van der Waals surface area contributed by atoms with Crippen LogP contribution in [0.2, 0.25) is 0 Å². The molecule has 0 aromatic heterocycles. The van der Waals surface area contributed by atoms with Gasteiger partial charge in [0, 0.05) is 6.42 Å². The van der Waals surface area contributed by atoms with Gasteiger partial charge >= 0.3 is 0 Å². The van der Waals surface area contributed by atoms with Gasteiger partial charge in [0.25, 0.3) is 0 Å². The third-order valence-electron chi connectivity index (χ3n) is 8.39. The maximum Gasteiger partial charge on any atom is 0.156 e. The van der Waals surface area contributed by atoms with E-state index in [-0.39, 0.29) is 17.1 Å². The summed E-state index contributed by atoms with van der Waals surface area (Å²) in [7, 11) is 0. The van der Waals surface area contributed by atoms with Gasteiger partial charge < -0.3 is 10.2 Å². The first-order valence-electron chi connectivity index (χ1n) is 12.0. The van der Waals surface area contributed by atoms with E-state index in [9.17, 15) is 15.0 Å². The summed E-state index contributed by atoms with van der Waals surface area (Å²) in [4.78, 5) is 11.8. The molecule has 30 heavy (non-hydrogen) atoms. The summed E-state index contributed by atoms with van der Waals surface area (Å²) in [5.74, 6) is 1.65. The van der Waals surface area contributed by atoms with Gasteiger partial charge in [0.15, 0.2) is 5.78 Å². The molecule has 0 aromatic carbocycles. The molecule has 5 atom stereocenters. The number of allylic oxidation sites excluding steroid dienone is 4. The topological polar surface area (TPSA) is 57.5 Å². The van der Waals surface area contributed by atoms with Crippen molar-refractivity contribution in [1.29, 1.82) is 0 Å². The van der Waals surface area contributed by atoms with Gasteiger partial charge in [-0.25, -0.2) is 0 Å². The lowest BCUT2D eigenvalue weighted by atomic mass is 9.57. The second kappa shape index (κ2) is 8.74. The van der Waals surface area contributed by atoms with Crippen LogP contribution < -0.4 is 0 Å². The molecule has 3 rings (SSSR count). The molecule has 0 aromatic rings. The molecule has 3 aliphatic carbocycles. The Morgan fingerprint density at radius 3 is 2.73 bits per heavy atom. The molecule has 2 saturated carbocycles. The van der Waals surface area contributed by atoms with Crippen LogP contribution in [0.1, 0.15) is 91.9 Å². The van der Waals surface area contributed by atoms with Crippen LogP contribution in [-0.2, 0) is 4.79 Å². The van der Waals surface area contributed by atoms with E-state index in [0.717, 1.165) is 56.1 Å². The summed E-state index contributed by atoms with van der Waals surface area (Å²) in [5.41, 5.74) is 0.658. The smallest absolute Gasteiger partial charge is 0.156 e. The van der Waals surface area contributed by atoms with Gasteiger partial charge in [-0.2, -0.15) is 0 Å². The number of carbonyl (C=O) groups is 1. The first-order chi connectivity index (χ1) is 13.9. The molecule has 2 fully saturated rings. The highest BCUT2D eigenvalue weighted by Gasteiger charge is 2.57. The highest BCUT2D eigenvalue weighted by atomic mass is 16.3. The second-order valence-electron chi connectivity index (χ2n) is 11.3. The Hall–Kier alpha value is -1.19. The van der Waals surface area contributed by atoms with E-state index in [1.54, 1.807) is 6.08 Å². The maximum absolute atomic E-state index is 11.8. The molecule has 2 N–H and O–H groups in total. The van der Waals surface area contributed by atoms with E-state index in [2.05, 4.69) is 20.4 Å². The second-order valence-corrected chi connectivity index (χ2v) is 11.3. The molecular formula is C27H42O3. The van der Waals surface area contributed by atoms with E-state index in [0.29, 0.717) is 18.3 Å². The molecule has 0 bridgehead atoms. The molecule has 3 nitrogen and oxygen atoms in total. The number of hydrogen-bond donors (Lipinski definition) is 2. The molecule has 0 heterocycles. The van der Waals surface area contributed by atoms with Gasteiger partial charge in [-0.3, -0.25) is 4.79 Å². The van der Waals surface area contributed by atoms with Crippen LogP contribution in [0, 0.1) is 23.2 Å². The number of aliphatic hydroxyl groups is 2. The molecule has 3 aliphatic rings.